The van der Waals surface area contributed by atoms with Gasteiger partial charge in [-0.2, -0.15) is 10.2 Å². The van der Waals surface area contributed by atoms with Gasteiger partial charge in [-0.3, -0.25) is 5.10 Å². The van der Waals surface area contributed by atoms with Crippen molar-refractivity contribution in [1.29, 1.82) is 5.26 Å². The minimum atomic E-state index is -0.0394. The van der Waals surface area contributed by atoms with Gasteiger partial charge in [0.2, 0.25) is 5.95 Å². The molecule has 1 N–H and O–H groups in total. The Labute approximate surface area is 54.9 Å². The van der Waals surface area contributed by atoms with Crippen LogP contribution in [0.25, 0.3) is 10.4 Å². The van der Waals surface area contributed by atoms with Crippen molar-refractivity contribution in [2.45, 2.75) is 0 Å². The third-order valence-electron chi connectivity index (χ3n) is 0.713. The molecule has 10 heavy (non-hydrogen) atoms. The Morgan fingerprint density at radius 2 is 2.60 bits per heavy atom. The van der Waals surface area contributed by atoms with Crippen molar-refractivity contribution in [3.8, 4) is 6.07 Å². The molecular formula is C3HN7. The van der Waals surface area contributed by atoms with E-state index in [1.54, 1.807) is 6.07 Å². The molecule has 0 aliphatic rings. The van der Waals surface area contributed by atoms with E-state index in [4.69, 9.17) is 10.8 Å². The Bertz CT molecular complexity index is 310. The predicted molar refractivity (Wildman–Crippen MR) is 29.9 cm³/mol. The highest BCUT2D eigenvalue weighted by Crippen LogP contribution is 2.00. The van der Waals surface area contributed by atoms with Gasteiger partial charge in [0.1, 0.15) is 6.07 Å². The normalized spacial score (nSPS) is 7.90. The second-order valence-electron chi connectivity index (χ2n) is 1.28. The molecule has 1 aromatic heterocycles. The molecule has 1 aromatic rings. The smallest absolute Gasteiger partial charge is 0.252 e. The number of hydrogen-bond acceptors (Lipinski definition) is 4. The number of H-pyrrole nitrogens is 1. The predicted octanol–water partition coefficient (Wildman–Crippen LogP) is 0.618. The summed E-state index contributed by atoms with van der Waals surface area (Å²) in [7, 11) is 0. The van der Waals surface area contributed by atoms with Crippen LogP contribution >= 0.6 is 0 Å². The molecule has 48 valence electrons. The zero-order valence-electron chi connectivity index (χ0n) is 4.68. The van der Waals surface area contributed by atoms with Crippen molar-refractivity contribution in [2.75, 3.05) is 0 Å². The number of azide groups is 1. The summed E-state index contributed by atoms with van der Waals surface area (Å²) in [6, 6.07) is 1.67. The van der Waals surface area contributed by atoms with Crippen LogP contribution in [0.3, 0.4) is 0 Å². The van der Waals surface area contributed by atoms with Crippen LogP contribution in [0.2, 0.25) is 0 Å². The molecule has 0 aliphatic heterocycles. The largest absolute Gasteiger partial charge is 0.257 e. The van der Waals surface area contributed by atoms with Crippen molar-refractivity contribution in [3.63, 3.8) is 0 Å². The molecule has 0 saturated carbocycles. The summed E-state index contributed by atoms with van der Waals surface area (Å²) < 4.78 is 0. The summed E-state index contributed by atoms with van der Waals surface area (Å²) in [5, 5.41) is 16.9. The summed E-state index contributed by atoms with van der Waals surface area (Å²) in [4.78, 5) is 5.91. The molecule has 0 aromatic carbocycles. The second-order valence-corrected chi connectivity index (χ2v) is 1.28. The quantitative estimate of drug-likeness (QED) is 0.345. The molecular weight excluding hydrogens is 134 g/mol. The van der Waals surface area contributed by atoms with Crippen LogP contribution in [0.5, 0.6) is 0 Å². The summed E-state index contributed by atoms with van der Waals surface area (Å²) in [5.41, 5.74) is 7.89. The van der Waals surface area contributed by atoms with Gasteiger partial charge >= 0.3 is 0 Å². The monoisotopic (exact) mass is 135 g/mol. The topological polar surface area (TPSA) is 114 Å². The van der Waals surface area contributed by atoms with Crippen LogP contribution in [0.1, 0.15) is 5.82 Å². The number of nitriles is 1. The van der Waals surface area contributed by atoms with Crippen molar-refractivity contribution in [2.24, 2.45) is 5.11 Å². The van der Waals surface area contributed by atoms with Gasteiger partial charge in [-0.05, 0) is 10.6 Å². The zero-order valence-corrected chi connectivity index (χ0v) is 4.68. The van der Waals surface area contributed by atoms with Crippen LogP contribution < -0.4 is 0 Å². The highest BCUT2D eigenvalue weighted by Gasteiger charge is 1.96. The third-order valence-corrected chi connectivity index (χ3v) is 0.713. The van der Waals surface area contributed by atoms with Crippen molar-refractivity contribution < 1.29 is 0 Å². The first-order chi connectivity index (χ1) is 4.86. The van der Waals surface area contributed by atoms with Gasteiger partial charge in [0.15, 0.2) is 0 Å². The second kappa shape index (κ2) is 2.48. The van der Waals surface area contributed by atoms with E-state index in [1.807, 2.05) is 0 Å². The van der Waals surface area contributed by atoms with E-state index in [0.29, 0.717) is 0 Å². The number of hydrogen-bond donors (Lipinski definition) is 1. The van der Waals surface area contributed by atoms with Crippen LogP contribution in [0, 0.1) is 11.3 Å². The fourth-order valence-electron chi connectivity index (χ4n) is 0.390. The van der Waals surface area contributed by atoms with Crippen molar-refractivity contribution >= 4 is 5.95 Å². The first-order valence-electron chi connectivity index (χ1n) is 2.24. The van der Waals surface area contributed by atoms with E-state index in [2.05, 4.69) is 25.2 Å². The summed E-state index contributed by atoms with van der Waals surface area (Å²) in [6.07, 6.45) is 0. The number of aromatic nitrogens is 3. The third kappa shape index (κ3) is 1.02. The zero-order chi connectivity index (χ0) is 7.40. The van der Waals surface area contributed by atoms with E-state index in [1.165, 1.54) is 0 Å². The molecule has 0 aliphatic carbocycles. The molecule has 0 radical (unpaired) electrons. The molecule has 7 nitrogen and oxygen atoms in total. The molecule has 0 spiro atoms. The van der Waals surface area contributed by atoms with E-state index < -0.39 is 0 Å². The first kappa shape index (κ1) is 6.07. The van der Waals surface area contributed by atoms with Gasteiger partial charge in [0, 0.05) is 4.91 Å². The number of nitrogens with one attached hydrogen (secondary N) is 1. The highest BCUT2D eigenvalue weighted by molar-refractivity contribution is 5.18. The van der Waals surface area contributed by atoms with Crippen molar-refractivity contribution in [1.82, 2.24) is 15.2 Å². The minimum absolute atomic E-state index is 0.000880. The average Bonchev–Trinajstić information content (AvgIpc) is 2.37. The molecule has 7 heteroatoms. The first-order valence-corrected chi connectivity index (χ1v) is 2.24. The summed E-state index contributed by atoms with van der Waals surface area (Å²) in [6.45, 7) is 0. The van der Waals surface area contributed by atoms with E-state index in [-0.39, 0.29) is 11.8 Å². The Kier molecular flexibility index (Phi) is 1.50. The minimum Gasteiger partial charge on any atom is -0.257 e. The summed E-state index contributed by atoms with van der Waals surface area (Å²) >= 11 is 0. The van der Waals surface area contributed by atoms with Gasteiger partial charge in [-0.15, -0.1) is 5.10 Å². The maximum absolute atomic E-state index is 8.19. The Hall–Kier alpha value is -2.06. The van der Waals surface area contributed by atoms with Crippen LogP contribution in [-0.4, -0.2) is 15.2 Å². The van der Waals surface area contributed by atoms with E-state index in [0.717, 1.165) is 0 Å². The molecule has 0 bridgehead atoms. The number of rotatable bonds is 1. The fourth-order valence-corrected chi connectivity index (χ4v) is 0.390. The lowest BCUT2D eigenvalue weighted by Crippen LogP contribution is -1.72. The molecule has 0 atom stereocenters. The summed E-state index contributed by atoms with van der Waals surface area (Å²) in [5.74, 6) is -0.0403. The Morgan fingerprint density at radius 3 is 3.10 bits per heavy atom. The van der Waals surface area contributed by atoms with Gasteiger partial charge < -0.3 is 0 Å². The van der Waals surface area contributed by atoms with Crippen LogP contribution in [0.4, 0.5) is 5.95 Å². The van der Waals surface area contributed by atoms with Gasteiger partial charge in [-0.1, -0.05) is 0 Å². The van der Waals surface area contributed by atoms with Gasteiger partial charge in [0.05, 0.1) is 0 Å². The number of nitrogens with zero attached hydrogens (tertiary/aromatic N) is 6. The molecule has 0 fully saturated rings. The van der Waals surface area contributed by atoms with Crippen LogP contribution in [0.15, 0.2) is 5.11 Å². The van der Waals surface area contributed by atoms with E-state index >= 15 is 0 Å². The molecule has 0 saturated heterocycles. The molecule has 1 rings (SSSR count). The van der Waals surface area contributed by atoms with Gasteiger partial charge in [0.25, 0.3) is 5.82 Å². The SMILES string of the molecule is N#Cc1n[nH]c(N=[N+]=[N-])n1. The lowest BCUT2D eigenvalue weighted by Gasteiger charge is -1.69. The van der Waals surface area contributed by atoms with Crippen molar-refractivity contribution in [3.05, 3.63) is 16.3 Å². The van der Waals surface area contributed by atoms with Crippen LogP contribution in [-0.2, 0) is 0 Å². The average molecular weight is 135 g/mol. The Balaban J connectivity index is 3.01. The lowest BCUT2D eigenvalue weighted by atomic mass is 10.7. The maximum atomic E-state index is 8.19. The molecule has 0 unspecified atom stereocenters. The standard InChI is InChI=1S/C3HN7/c4-1-2-6-3(8-7-2)9-10-5/h(H,6,7,8). The lowest BCUT2D eigenvalue weighted by molar-refractivity contribution is 1.06. The number of aromatic amines is 1. The molecule has 1 heterocycles. The fraction of sp³-hybridized carbons (Fsp3) is 0. The van der Waals surface area contributed by atoms with E-state index in [9.17, 15) is 0 Å². The maximum Gasteiger partial charge on any atom is 0.252 e. The molecule has 0 amide bonds. The highest BCUT2D eigenvalue weighted by atomic mass is 15.3. The Morgan fingerprint density at radius 1 is 1.80 bits per heavy atom. The van der Waals surface area contributed by atoms with Gasteiger partial charge in [-0.25, -0.2) is 0 Å².